The molecule has 6 aromatic carbocycles. The van der Waals surface area contributed by atoms with Crippen LogP contribution in [0.4, 0.5) is 11.4 Å². The Labute approximate surface area is 355 Å². The molecule has 0 aromatic heterocycles. The van der Waals surface area contributed by atoms with Crippen LogP contribution in [0.5, 0.6) is 0 Å². The highest BCUT2D eigenvalue weighted by molar-refractivity contribution is 5.91. The molecule has 0 N–H and O–H groups in total. The van der Waals surface area contributed by atoms with Gasteiger partial charge in [-0.1, -0.05) is 197 Å². The smallest absolute Gasteiger partial charge is 0.0720 e. The van der Waals surface area contributed by atoms with Gasteiger partial charge in [-0.05, 0) is 110 Å². The zero-order chi connectivity index (χ0) is 40.6. The van der Waals surface area contributed by atoms with Crippen molar-refractivity contribution in [2.45, 2.75) is 50.4 Å². The normalized spacial score (nSPS) is 22.8. The first-order valence-corrected chi connectivity index (χ1v) is 21.6. The van der Waals surface area contributed by atoms with Crippen LogP contribution in [-0.2, 0) is 10.8 Å². The van der Waals surface area contributed by atoms with E-state index in [0.29, 0.717) is 0 Å². The number of fused-ring (bicyclic) bond motifs is 15. The van der Waals surface area contributed by atoms with E-state index in [9.17, 15) is 0 Å². The molecule has 0 bridgehead atoms. The molecule has 3 atom stereocenters. The second kappa shape index (κ2) is 14.0. The highest BCUT2D eigenvalue weighted by Gasteiger charge is 2.51. The number of anilines is 2. The van der Waals surface area contributed by atoms with E-state index in [1.807, 2.05) is 0 Å². The van der Waals surface area contributed by atoms with Crippen molar-refractivity contribution in [2.24, 2.45) is 5.92 Å². The van der Waals surface area contributed by atoms with E-state index >= 15 is 0 Å². The highest BCUT2D eigenvalue weighted by Crippen LogP contribution is 2.62. The lowest BCUT2D eigenvalue weighted by Gasteiger charge is -2.37. The first-order valence-electron chi connectivity index (χ1n) is 21.6. The maximum absolute atomic E-state index is 2.55. The number of nitrogens with zero attached hydrogens (tertiary/aromatic N) is 1. The molecule has 290 valence electrons. The lowest BCUT2D eigenvalue weighted by Crippen LogP contribution is -2.30. The summed E-state index contributed by atoms with van der Waals surface area (Å²) in [5.41, 5.74) is 20.3. The van der Waals surface area contributed by atoms with Crippen LogP contribution in [0.3, 0.4) is 0 Å². The molecule has 1 heteroatoms. The first-order chi connectivity index (χ1) is 29.4. The summed E-state index contributed by atoms with van der Waals surface area (Å²) in [6.07, 6.45) is 27.1. The largest absolute Gasteiger partial charge is 0.310 e. The SMILES string of the molecule is C\C=C/C=C\C(=C1/C=CC=CC1C)N(c1ccc2c(c1)C(C)(C)c1ccccc1-2)c1ccc2c(c1)C1(c3ccccc3-2)c2ccccc2C2C=CC=CC2c2ccccc21. The third-order valence-corrected chi connectivity index (χ3v) is 14.1. The van der Waals surface area contributed by atoms with Crippen LogP contribution in [0.2, 0.25) is 0 Å². The third kappa shape index (κ3) is 5.18. The van der Waals surface area contributed by atoms with E-state index in [0.717, 1.165) is 11.4 Å². The van der Waals surface area contributed by atoms with E-state index < -0.39 is 5.41 Å². The lowest BCUT2D eigenvalue weighted by atomic mass is 9.66. The van der Waals surface area contributed by atoms with Crippen LogP contribution in [0.1, 0.15) is 84.0 Å². The van der Waals surface area contributed by atoms with Gasteiger partial charge in [0.15, 0.2) is 0 Å². The average Bonchev–Trinajstić information content (AvgIpc) is 3.66. The second-order valence-electron chi connectivity index (χ2n) is 17.5. The molecule has 0 heterocycles. The molecular weight excluding hydrogens is 723 g/mol. The van der Waals surface area contributed by atoms with Crippen molar-refractivity contribution < 1.29 is 0 Å². The maximum Gasteiger partial charge on any atom is 0.0720 e. The molecule has 11 rings (SSSR count). The van der Waals surface area contributed by atoms with Crippen molar-refractivity contribution in [3.8, 4) is 22.3 Å². The Kier molecular flexibility index (Phi) is 8.46. The van der Waals surface area contributed by atoms with Crippen molar-refractivity contribution in [2.75, 3.05) is 4.90 Å². The minimum atomic E-state index is -0.531. The van der Waals surface area contributed by atoms with Gasteiger partial charge < -0.3 is 4.90 Å². The fraction of sp³-hybridized carbons (Fsp3) is 0.153. The lowest BCUT2D eigenvalue weighted by molar-refractivity contribution is 0.660. The van der Waals surface area contributed by atoms with Crippen molar-refractivity contribution in [3.05, 3.63) is 262 Å². The number of hydrogen-bond acceptors (Lipinski definition) is 1. The minimum Gasteiger partial charge on any atom is -0.310 e. The van der Waals surface area contributed by atoms with E-state index in [2.05, 4.69) is 239 Å². The Morgan fingerprint density at radius 2 is 1.03 bits per heavy atom. The monoisotopic (exact) mass is 771 g/mol. The van der Waals surface area contributed by atoms with Gasteiger partial charge in [0.25, 0.3) is 0 Å². The zero-order valence-electron chi connectivity index (χ0n) is 34.8. The fourth-order valence-corrected chi connectivity index (χ4v) is 11.4. The Morgan fingerprint density at radius 3 is 1.67 bits per heavy atom. The van der Waals surface area contributed by atoms with Gasteiger partial charge in [0.2, 0.25) is 0 Å². The fourth-order valence-electron chi connectivity index (χ4n) is 11.4. The van der Waals surface area contributed by atoms with E-state index in [1.165, 1.54) is 78.0 Å². The zero-order valence-corrected chi connectivity index (χ0v) is 34.8. The standard InChI is InChI=1S/C59H49N/c1-5-6-7-32-57(42-21-9-8-20-39(42)2)60(40-33-35-49-47-26-12-16-28-51(47)58(3,4)55(49)37-40)41-34-36-50-48-27-15-19-31-54(48)59(56(50)38-41)52-29-17-13-24-45(52)43-22-10-11-23-44(43)46-25-14-18-30-53(46)59/h5-39,43-44H,1-4H3/b6-5-,32-7-,57-42-. The van der Waals surface area contributed by atoms with E-state index in [1.54, 1.807) is 0 Å². The van der Waals surface area contributed by atoms with Gasteiger partial charge in [0.1, 0.15) is 0 Å². The summed E-state index contributed by atoms with van der Waals surface area (Å²) in [7, 11) is 0. The van der Waals surface area contributed by atoms with Gasteiger partial charge in [-0.3, -0.25) is 0 Å². The predicted octanol–water partition coefficient (Wildman–Crippen LogP) is 14.9. The quantitative estimate of drug-likeness (QED) is 0.158. The number of hydrogen-bond donors (Lipinski definition) is 0. The van der Waals surface area contributed by atoms with Crippen LogP contribution >= 0.6 is 0 Å². The first kappa shape index (κ1) is 36.4. The summed E-state index contributed by atoms with van der Waals surface area (Å²) in [5, 5.41) is 0. The van der Waals surface area contributed by atoms with Gasteiger partial charge in [-0.25, -0.2) is 0 Å². The Hall–Kier alpha value is -6.70. The Balaban J connectivity index is 1.23. The van der Waals surface area contributed by atoms with Gasteiger partial charge in [0, 0.05) is 40.2 Å². The van der Waals surface area contributed by atoms with Crippen LogP contribution in [0.25, 0.3) is 22.3 Å². The number of allylic oxidation sites excluding steroid dienone is 13. The molecule has 6 aromatic rings. The topological polar surface area (TPSA) is 3.24 Å². The van der Waals surface area contributed by atoms with Crippen LogP contribution in [0.15, 0.2) is 218 Å². The molecule has 3 unspecified atom stereocenters. The van der Waals surface area contributed by atoms with Gasteiger partial charge in [0.05, 0.1) is 5.41 Å². The molecule has 5 aliphatic rings. The minimum absolute atomic E-state index is 0.139. The molecule has 0 saturated carbocycles. The third-order valence-electron chi connectivity index (χ3n) is 14.1. The molecule has 60 heavy (non-hydrogen) atoms. The van der Waals surface area contributed by atoms with Crippen molar-refractivity contribution in [1.29, 1.82) is 0 Å². The molecule has 0 amide bonds. The molecule has 5 aliphatic carbocycles. The van der Waals surface area contributed by atoms with Gasteiger partial charge >= 0.3 is 0 Å². The van der Waals surface area contributed by atoms with Crippen molar-refractivity contribution in [1.82, 2.24) is 0 Å². The summed E-state index contributed by atoms with van der Waals surface area (Å²) in [5.74, 6) is 0.706. The van der Waals surface area contributed by atoms with Gasteiger partial charge in [-0.15, -0.1) is 0 Å². The second-order valence-corrected chi connectivity index (χ2v) is 17.5. The predicted molar refractivity (Wildman–Crippen MR) is 252 cm³/mol. The molecule has 0 radical (unpaired) electrons. The van der Waals surface area contributed by atoms with Gasteiger partial charge in [-0.2, -0.15) is 0 Å². The van der Waals surface area contributed by atoms with Crippen LogP contribution in [-0.4, -0.2) is 0 Å². The van der Waals surface area contributed by atoms with Crippen LogP contribution in [0, 0.1) is 5.92 Å². The van der Waals surface area contributed by atoms with Crippen LogP contribution < -0.4 is 4.90 Å². The van der Waals surface area contributed by atoms with E-state index in [4.69, 9.17) is 0 Å². The highest BCUT2D eigenvalue weighted by atomic mass is 15.1. The molecular formula is C59H49N. The summed E-state index contributed by atoms with van der Waals surface area (Å²) < 4.78 is 0. The Morgan fingerprint density at radius 1 is 0.517 bits per heavy atom. The molecule has 1 nitrogen and oxygen atoms in total. The summed E-state index contributed by atoms with van der Waals surface area (Å²) >= 11 is 0. The summed E-state index contributed by atoms with van der Waals surface area (Å²) in [4.78, 5) is 2.55. The molecule has 0 fully saturated rings. The number of benzene rings is 6. The maximum atomic E-state index is 2.55. The Bertz CT molecular complexity index is 2890. The number of rotatable bonds is 5. The average molecular weight is 772 g/mol. The molecule has 1 spiro atoms. The molecule has 0 saturated heterocycles. The summed E-state index contributed by atoms with van der Waals surface area (Å²) in [6, 6.07) is 51.3. The molecule has 0 aliphatic heterocycles. The van der Waals surface area contributed by atoms with Crippen molar-refractivity contribution in [3.63, 3.8) is 0 Å². The van der Waals surface area contributed by atoms with Crippen molar-refractivity contribution >= 4 is 11.4 Å². The summed E-state index contributed by atoms with van der Waals surface area (Å²) in [6.45, 7) is 9.17. The van der Waals surface area contributed by atoms with E-state index in [-0.39, 0.29) is 23.2 Å².